The van der Waals surface area contributed by atoms with Crippen molar-refractivity contribution in [3.05, 3.63) is 45.8 Å². The SMILES string of the molecule is CC(C)Oc1ccc(Nc2cc(F)c(I)cc2N)cc1. The van der Waals surface area contributed by atoms with Gasteiger partial charge in [0.2, 0.25) is 0 Å². The molecule has 0 unspecified atom stereocenters. The Labute approximate surface area is 131 Å². The molecule has 3 nitrogen and oxygen atoms in total. The van der Waals surface area contributed by atoms with E-state index in [1.807, 2.05) is 60.7 Å². The van der Waals surface area contributed by atoms with Crippen molar-refractivity contribution in [1.82, 2.24) is 0 Å². The first kappa shape index (κ1) is 14.9. The third kappa shape index (κ3) is 3.75. The van der Waals surface area contributed by atoms with Crippen molar-refractivity contribution in [3.8, 4) is 5.75 Å². The van der Waals surface area contributed by atoms with Crippen molar-refractivity contribution < 1.29 is 9.13 Å². The van der Waals surface area contributed by atoms with Gasteiger partial charge in [-0.3, -0.25) is 0 Å². The van der Waals surface area contributed by atoms with Crippen LogP contribution in [0.15, 0.2) is 36.4 Å². The van der Waals surface area contributed by atoms with E-state index in [4.69, 9.17) is 10.5 Å². The normalized spacial score (nSPS) is 10.7. The van der Waals surface area contributed by atoms with Gasteiger partial charge in [-0.25, -0.2) is 4.39 Å². The molecule has 0 saturated heterocycles. The van der Waals surface area contributed by atoms with Gasteiger partial charge in [-0.05, 0) is 66.8 Å². The summed E-state index contributed by atoms with van der Waals surface area (Å²) in [4.78, 5) is 0. The first-order valence-electron chi connectivity index (χ1n) is 6.24. The molecule has 2 rings (SSSR count). The van der Waals surface area contributed by atoms with Gasteiger partial charge in [0.1, 0.15) is 11.6 Å². The van der Waals surface area contributed by atoms with Crippen molar-refractivity contribution in [1.29, 1.82) is 0 Å². The summed E-state index contributed by atoms with van der Waals surface area (Å²) < 4.78 is 19.6. The number of nitrogen functional groups attached to an aromatic ring is 1. The highest BCUT2D eigenvalue weighted by atomic mass is 127. The van der Waals surface area contributed by atoms with Gasteiger partial charge in [-0.2, -0.15) is 0 Å². The van der Waals surface area contributed by atoms with E-state index >= 15 is 0 Å². The minimum atomic E-state index is -0.290. The molecule has 0 atom stereocenters. The third-order valence-electron chi connectivity index (χ3n) is 2.60. The zero-order valence-electron chi connectivity index (χ0n) is 11.3. The zero-order valence-corrected chi connectivity index (χ0v) is 13.4. The van der Waals surface area contributed by atoms with E-state index in [1.165, 1.54) is 6.07 Å². The lowest BCUT2D eigenvalue weighted by molar-refractivity contribution is 0.242. The molecule has 0 aliphatic rings. The van der Waals surface area contributed by atoms with Gasteiger partial charge in [-0.1, -0.05) is 0 Å². The van der Waals surface area contributed by atoms with Crippen molar-refractivity contribution in [3.63, 3.8) is 0 Å². The highest BCUT2D eigenvalue weighted by molar-refractivity contribution is 14.1. The zero-order chi connectivity index (χ0) is 14.7. The number of hydrogen-bond acceptors (Lipinski definition) is 3. The van der Waals surface area contributed by atoms with Gasteiger partial charge < -0.3 is 15.8 Å². The van der Waals surface area contributed by atoms with E-state index in [0.29, 0.717) is 14.9 Å². The van der Waals surface area contributed by atoms with Gasteiger partial charge in [0, 0.05) is 11.8 Å². The van der Waals surface area contributed by atoms with Gasteiger partial charge >= 0.3 is 0 Å². The predicted molar refractivity (Wildman–Crippen MR) is 89.0 cm³/mol. The summed E-state index contributed by atoms with van der Waals surface area (Å²) in [6.45, 7) is 3.95. The molecular weight excluding hydrogens is 370 g/mol. The number of anilines is 3. The van der Waals surface area contributed by atoms with Gasteiger partial charge in [0.15, 0.2) is 0 Å². The Bertz CT molecular complexity index is 600. The number of ether oxygens (including phenoxy) is 1. The predicted octanol–water partition coefficient (Wildman–Crippen LogP) is 4.54. The van der Waals surface area contributed by atoms with Crippen molar-refractivity contribution in [2.45, 2.75) is 20.0 Å². The molecule has 106 valence electrons. The number of benzene rings is 2. The molecule has 0 bridgehead atoms. The van der Waals surface area contributed by atoms with E-state index < -0.39 is 0 Å². The summed E-state index contributed by atoms with van der Waals surface area (Å²) in [6, 6.07) is 10.5. The van der Waals surface area contributed by atoms with Crippen LogP contribution in [-0.2, 0) is 0 Å². The van der Waals surface area contributed by atoms with E-state index in [2.05, 4.69) is 5.32 Å². The summed E-state index contributed by atoms with van der Waals surface area (Å²) in [5.74, 6) is 0.509. The number of nitrogens with two attached hydrogens (primary N) is 1. The van der Waals surface area contributed by atoms with Gasteiger partial charge in [0.25, 0.3) is 0 Å². The van der Waals surface area contributed by atoms with E-state index in [0.717, 1.165) is 11.4 Å². The Balaban J connectivity index is 2.16. The molecule has 0 spiro atoms. The lowest BCUT2D eigenvalue weighted by Gasteiger charge is -2.12. The van der Waals surface area contributed by atoms with Crippen LogP contribution in [-0.4, -0.2) is 6.10 Å². The largest absolute Gasteiger partial charge is 0.491 e. The van der Waals surface area contributed by atoms with Crippen LogP contribution in [0, 0.1) is 9.39 Å². The average molecular weight is 386 g/mol. The smallest absolute Gasteiger partial charge is 0.138 e. The Morgan fingerprint density at radius 2 is 1.85 bits per heavy atom. The number of nitrogens with one attached hydrogen (secondary N) is 1. The molecule has 0 aliphatic heterocycles. The second-order valence-electron chi connectivity index (χ2n) is 4.67. The first-order valence-corrected chi connectivity index (χ1v) is 7.32. The van der Waals surface area contributed by atoms with Crippen LogP contribution in [0.5, 0.6) is 5.75 Å². The van der Waals surface area contributed by atoms with Crippen molar-refractivity contribution in [2.75, 3.05) is 11.1 Å². The summed E-state index contributed by atoms with van der Waals surface area (Å²) in [7, 11) is 0. The van der Waals surface area contributed by atoms with Crippen LogP contribution < -0.4 is 15.8 Å². The molecule has 0 aliphatic carbocycles. The molecule has 0 aromatic heterocycles. The van der Waals surface area contributed by atoms with Gasteiger partial charge in [-0.15, -0.1) is 0 Å². The van der Waals surface area contributed by atoms with E-state index in [-0.39, 0.29) is 11.9 Å². The standard InChI is InChI=1S/C15H16FIN2O/c1-9(2)20-11-5-3-10(4-6-11)19-15-7-12(16)13(17)8-14(15)18/h3-9,19H,18H2,1-2H3. The van der Waals surface area contributed by atoms with Crippen LogP contribution in [0.2, 0.25) is 0 Å². The Kier molecular flexibility index (Phi) is 4.69. The minimum Gasteiger partial charge on any atom is -0.491 e. The summed E-state index contributed by atoms with van der Waals surface area (Å²) >= 11 is 1.91. The Hall–Kier alpha value is -1.50. The number of rotatable bonds is 4. The Morgan fingerprint density at radius 3 is 2.45 bits per heavy atom. The fourth-order valence-electron chi connectivity index (χ4n) is 1.71. The summed E-state index contributed by atoms with van der Waals surface area (Å²) in [5.41, 5.74) is 7.77. The number of hydrogen-bond donors (Lipinski definition) is 2. The maximum absolute atomic E-state index is 13.5. The van der Waals surface area contributed by atoms with E-state index in [9.17, 15) is 4.39 Å². The van der Waals surface area contributed by atoms with Gasteiger partial charge in [0.05, 0.1) is 21.0 Å². The van der Waals surface area contributed by atoms with Crippen molar-refractivity contribution in [2.24, 2.45) is 0 Å². The maximum atomic E-state index is 13.5. The molecule has 20 heavy (non-hydrogen) atoms. The number of halogens is 2. The van der Waals surface area contributed by atoms with Crippen LogP contribution in [0.3, 0.4) is 0 Å². The molecule has 2 aromatic rings. The summed E-state index contributed by atoms with van der Waals surface area (Å²) in [6.07, 6.45) is 0.134. The molecule has 0 amide bonds. The third-order valence-corrected chi connectivity index (χ3v) is 3.42. The molecular formula is C15H16FIN2O. The average Bonchev–Trinajstić information content (AvgIpc) is 2.37. The Morgan fingerprint density at radius 1 is 1.20 bits per heavy atom. The topological polar surface area (TPSA) is 47.3 Å². The van der Waals surface area contributed by atoms with Crippen LogP contribution in [0.1, 0.15) is 13.8 Å². The molecule has 0 radical (unpaired) electrons. The van der Waals surface area contributed by atoms with Crippen LogP contribution in [0.4, 0.5) is 21.5 Å². The molecule has 0 fully saturated rings. The molecule has 3 N–H and O–H groups in total. The first-order chi connectivity index (χ1) is 9.45. The highest BCUT2D eigenvalue weighted by Crippen LogP contribution is 2.28. The lowest BCUT2D eigenvalue weighted by Crippen LogP contribution is -2.05. The minimum absolute atomic E-state index is 0.134. The molecule has 5 heteroatoms. The maximum Gasteiger partial charge on any atom is 0.138 e. The molecule has 0 saturated carbocycles. The summed E-state index contributed by atoms with van der Waals surface area (Å²) in [5, 5.41) is 3.10. The van der Waals surface area contributed by atoms with Crippen LogP contribution >= 0.6 is 22.6 Å². The monoisotopic (exact) mass is 386 g/mol. The van der Waals surface area contributed by atoms with Crippen LogP contribution in [0.25, 0.3) is 0 Å². The second kappa shape index (κ2) is 6.30. The quantitative estimate of drug-likeness (QED) is 0.599. The van der Waals surface area contributed by atoms with E-state index in [1.54, 1.807) is 6.07 Å². The fourth-order valence-corrected chi connectivity index (χ4v) is 2.21. The molecule has 2 aromatic carbocycles. The van der Waals surface area contributed by atoms with Crippen molar-refractivity contribution >= 4 is 39.7 Å². The fraction of sp³-hybridized carbons (Fsp3) is 0.200. The molecule has 0 heterocycles. The lowest BCUT2D eigenvalue weighted by atomic mass is 10.2. The second-order valence-corrected chi connectivity index (χ2v) is 5.83. The highest BCUT2D eigenvalue weighted by Gasteiger charge is 2.06.